The number of carbonyl (C=O) groups is 3. The van der Waals surface area contributed by atoms with Gasteiger partial charge in [0.25, 0.3) is 0 Å². The highest BCUT2D eigenvalue weighted by atomic mass is 79.9. The number of pyridine rings is 1. The van der Waals surface area contributed by atoms with Crippen LogP contribution in [0, 0.1) is 11.6 Å². The van der Waals surface area contributed by atoms with Crippen LogP contribution in [0.2, 0.25) is 0 Å². The zero-order chi connectivity index (χ0) is 50.8. The Balaban J connectivity index is 0.766. The maximum atomic E-state index is 15.2. The van der Waals surface area contributed by atoms with Gasteiger partial charge in [0.05, 0.1) is 40.9 Å². The number of nitrogens with zero attached hydrogens (tertiary/aromatic N) is 8. The molecule has 3 amide bonds. The van der Waals surface area contributed by atoms with Crippen LogP contribution in [0.5, 0.6) is 5.75 Å². The zero-order valence-corrected chi connectivity index (χ0v) is 44.1. The van der Waals surface area contributed by atoms with Crippen molar-refractivity contribution < 1.29 is 32.5 Å². The molecule has 6 heterocycles. The molecule has 382 valence electrons. The van der Waals surface area contributed by atoms with Crippen molar-refractivity contribution in [2.75, 3.05) is 113 Å². The topological polar surface area (TPSA) is 168 Å². The van der Waals surface area contributed by atoms with Gasteiger partial charge in [-0.05, 0) is 103 Å². The van der Waals surface area contributed by atoms with Crippen LogP contribution in [0.3, 0.4) is 0 Å². The van der Waals surface area contributed by atoms with E-state index in [0.717, 1.165) is 85.1 Å². The summed E-state index contributed by atoms with van der Waals surface area (Å²) in [6.45, 7) is 15.0. The van der Waals surface area contributed by atoms with E-state index in [1.807, 2.05) is 34.1 Å². The summed E-state index contributed by atoms with van der Waals surface area (Å²) < 4.78 is 50.8. The van der Waals surface area contributed by atoms with Crippen LogP contribution in [-0.2, 0) is 31.8 Å². The van der Waals surface area contributed by atoms with E-state index in [1.165, 1.54) is 17.7 Å². The van der Waals surface area contributed by atoms with Gasteiger partial charge in [0, 0.05) is 123 Å². The molecule has 4 aliphatic rings. The number of carbonyl (C=O) groups excluding carboxylic acids is 3. The summed E-state index contributed by atoms with van der Waals surface area (Å²) >= 11 is 3.62. The summed E-state index contributed by atoms with van der Waals surface area (Å²) in [4.78, 5) is 62.5. The number of nitrogens with one attached hydrogen (secondary N) is 3. The first-order valence-electron chi connectivity index (χ1n) is 24.9. The van der Waals surface area contributed by atoms with Gasteiger partial charge in [-0.3, -0.25) is 34.5 Å². The molecular formula is C52H63BrF2N11O5P. The summed E-state index contributed by atoms with van der Waals surface area (Å²) in [5, 5.41) is 10.6. The van der Waals surface area contributed by atoms with Crippen molar-refractivity contribution in [1.82, 2.24) is 35.0 Å². The Morgan fingerprint density at radius 1 is 0.847 bits per heavy atom. The Kier molecular flexibility index (Phi) is 15.5. The molecule has 16 nitrogen and oxygen atoms in total. The second-order valence-corrected chi connectivity index (χ2v) is 23.4. The van der Waals surface area contributed by atoms with Gasteiger partial charge in [0.15, 0.2) is 0 Å². The normalized spacial score (nSPS) is 18.7. The van der Waals surface area contributed by atoms with Gasteiger partial charge in [-0.15, -0.1) is 0 Å². The lowest BCUT2D eigenvalue weighted by Gasteiger charge is -2.44. The predicted octanol–water partition coefficient (Wildman–Crippen LogP) is 7.39. The van der Waals surface area contributed by atoms with Crippen molar-refractivity contribution in [3.8, 4) is 5.75 Å². The largest absolute Gasteiger partial charge is 0.494 e. The second kappa shape index (κ2) is 21.8. The predicted molar refractivity (Wildman–Crippen MR) is 282 cm³/mol. The molecule has 0 saturated carbocycles. The molecule has 0 bridgehead atoms. The highest BCUT2D eigenvalue weighted by molar-refractivity contribution is 9.10. The number of rotatable bonds is 14. The van der Waals surface area contributed by atoms with E-state index >= 15 is 8.78 Å². The lowest BCUT2D eigenvalue weighted by molar-refractivity contribution is -0.135. The molecule has 0 aliphatic carbocycles. The monoisotopic (exact) mass is 1070 g/mol. The molecule has 20 heteroatoms. The number of hydrogen-bond donors (Lipinski definition) is 3. The molecule has 4 saturated heterocycles. The number of halogens is 3. The van der Waals surface area contributed by atoms with Gasteiger partial charge >= 0.3 is 0 Å². The van der Waals surface area contributed by atoms with Crippen LogP contribution in [0.4, 0.5) is 43.3 Å². The summed E-state index contributed by atoms with van der Waals surface area (Å²) in [6, 6.07) is 15.0. The molecular weight excluding hydrogens is 1010 g/mol. The smallest absolute Gasteiger partial charge is 0.236 e. The van der Waals surface area contributed by atoms with E-state index in [9.17, 15) is 18.9 Å². The first kappa shape index (κ1) is 51.2. The molecule has 0 unspecified atom stereocenters. The molecule has 0 radical (unpaired) electrons. The molecule has 0 spiro atoms. The SMILES string of the molecule is CCc1ccc2c(P(C)(C)=O)c(Nc3nc(Nc4cc(CC)c(N5CCC(N6CCN(C(=O)CN7CCN(c8cc(F)c([C@H]9CCC(=O)NC9=O)c(F)c8)CC7)CC6)CC5)cc4OC)ncc3Br)ccc2n1. The number of piperazine rings is 2. The number of imide groups is 1. The van der Waals surface area contributed by atoms with E-state index in [0.29, 0.717) is 85.2 Å². The van der Waals surface area contributed by atoms with Crippen LogP contribution in [-0.4, -0.2) is 146 Å². The van der Waals surface area contributed by atoms with E-state index in [-0.39, 0.29) is 24.3 Å². The number of anilines is 6. The van der Waals surface area contributed by atoms with E-state index in [2.05, 4.69) is 77.5 Å². The highest BCUT2D eigenvalue weighted by Crippen LogP contribution is 2.43. The molecule has 3 N–H and O–H groups in total. The number of fused-ring (bicyclic) bond motifs is 1. The van der Waals surface area contributed by atoms with E-state index < -0.39 is 36.5 Å². The van der Waals surface area contributed by atoms with Gasteiger partial charge < -0.3 is 34.6 Å². The average molecular weight is 1070 g/mol. The Morgan fingerprint density at radius 3 is 2.22 bits per heavy atom. The zero-order valence-electron chi connectivity index (χ0n) is 41.6. The number of aryl methyl sites for hydroxylation is 2. The standard InChI is InChI=1S/C52H63BrF2N11O5P/c1-6-32-26-43(59-52-56-30-38(53)50(61-52)58-42-12-11-41-36(49(42)72(4,5)70)9-8-33(7-2)57-41)45(71-3)29-44(32)65-16-14-34(15-17-65)63-22-24-66(25-23-63)47(68)31-62-18-20-64(21-19-62)35-27-39(54)48(40(55)28-35)37-10-13-46(67)60-51(37)69/h8-9,11-12,26-30,34,37H,6-7,10,13-25,31H2,1-5H3,(H,60,67,69)(H2,56,58,59,61)/t37-/m1/s1. The molecule has 3 aromatic carbocycles. The number of ether oxygens (including phenoxy) is 1. The van der Waals surface area contributed by atoms with Gasteiger partial charge in [0.2, 0.25) is 23.7 Å². The Bertz CT molecular complexity index is 2900. The number of piperidine rings is 2. The summed E-state index contributed by atoms with van der Waals surface area (Å²) in [6.07, 6.45) is 5.41. The van der Waals surface area contributed by atoms with E-state index in [1.54, 1.807) is 26.6 Å². The number of amides is 3. The molecule has 9 rings (SSSR count). The minimum Gasteiger partial charge on any atom is -0.494 e. The quantitative estimate of drug-likeness (QED) is 0.0744. The molecule has 4 aliphatic heterocycles. The number of hydrogen-bond acceptors (Lipinski definition) is 14. The van der Waals surface area contributed by atoms with Gasteiger partial charge in [-0.1, -0.05) is 19.9 Å². The van der Waals surface area contributed by atoms with Crippen LogP contribution in [0.1, 0.15) is 62.3 Å². The Labute approximate surface area is 427 Å². The fourth-order valence-corrected chi connectivity index (χ4v) is 12.4. The van der Waals surface area contributed by atoms with Crippen molar-refractivity contribution in [3.05, 3.63) is 87.7 Å². The van der Waals surface area contributed by atoms with Crippen LogP contribution >= 0.6 is 23.1 Å². The van der Waals surface area contributed by atoms with E-state index in [4.69, 9.17) is 14.7 Å². The fourth-order valence-electron chi connectivity index (χ4n) is 10.6. The van der Waals surface area contributed by atoms with Crippen molar-refractivity contribution in [1.29, 1.82) is 0 Å². The molecule has 72 heavy (non-hydrogen) atoms. The van der Waals surface area contributed by atoms with Gasteiger partial charge in [0.1, 0.15) is 30.3 Å². The number of aromatic nitrogens is 3. The highest BCUT2D eigenvalue weighted by Gasteiger charge is 2.35. The lowest BCUT2D eigenvalue weighted by atomic mass is 9.89. The van der Waals surface area contributed by atoms with Crippen LogP contribution in [0.25, 0.3) is 10.9 Å². The summed E-state index contributed by atoms with van der Waals surface area (Å²) in [5.74, 6) is -2.10. The molecule has 4 fully saturated rings. The van der Waals surface area contributed by atoms with Crippen molar-refractivity contribution in [2.24, 2.45) is 0 Å². The van der Waals surface area contributed by atoms with Crippen molar-refractivity contribution >= 4 is 91.5 Å². The first-order chi connectivity index (χ1) is 34.6. The van der Waals surface area contributed by atoms with Crippen molar-refractivity contribution in [3.63, 3.8) is 0 Å². The van der Waals surface area contributed by atoms with Gasteiger partial charge in [-0.25, -0.2) is 13.8 Å². The second-order valence-electron chi connectivity index (χ2n) is 19.4. The number of methoxy groups -OCH3 is 1. The Hall–Kier alpha value is -5.75. The van der Waals surface area contributed by atoms with Crippen molar-refractivity contribution in [2.45, 2.75) is 64.3 Å². The fraction of sp³-hybridized carbons (Fsp3) is 0.462. The van der Waals surface area contributed by atoms with Gasteiger partial charge in [-0.2, -0.15) is 4.98 Å². The minimum absolute atomic E-state index is 0.0365. The molecule has 5 aromatic rings. The van der Waals surface area contributed by atoms with Crippen LogP contribution in [0.15, 0.2) is 59.2 Å². The summed E-state index contributed by atoms with van der Waals surface area (Å²) in [5.41, 5.74) is 5.63. The molecule has 1 atom stereocenters. The van der Waals surface area contributed by atoms with Crippen LogP contribution < -0.4 is 35.8 Å². The maximum absolute atomic E-state index is 15.2. The lowest BCUT2D eigenvalue weighted by Crippen LogP contribution is -2.56. The third kappa shape index (κ3) is 11.1. The summed E-state index contributed by atoms with van der Waals surface area (Å²) in [7, 11) is -1.09. The molecule has 2 aromatic heterocycles. The minimum atomic E-state index is -2.76. The third-order valence-electron chi connectivity index (χ3n) is 14.6. The maximum Gasteiger partial charge on any atom is 0.236 e. The third-order valence-corrected chi connectivity index (χ3v) is 16.7. The Morgan fingerprint density at radius 2 is 1.57 bits per heavy atom. The first-order valence-corrected chi connectivity index (χ1v) is 28.3. The number of benzene rings is 3. The average Bonchev–Trinajstić information content (AvgIpc) is 3.37.